The van der Waals surface area contributed by atoms with E-state index in [1.54, 1.807) is 0 Å². The van der Waals surface area contributed by atoms with E-state index in [9.17, 15) is 9.59 Å². The number of ether oxygens (including phenoxy) is 1. The number of hydrogen-bond donors (Lipinski definition) is 1. The summed E-state index contributed by atoms with van der Waals surface area (Å²) in [4.78, 5) is 24.9. The van der Waals surface area contributed by atoms with Gasteiger partial charge in [0, 0.05) is 13.1 Å². The number of benzene rings is 1. The highest BCUT2D eigenvalue weighted by atomic mass is 16.5. The van der Waals surface area contributed by atoms with E-state index in [1.165, 1.54) is 4.90 Å². The molecule has 0 unspecified atom stereocenters. The van der Waals surface area contributed by atoms with Gasteiger partial charge in [0.25, 0.3) is 5.91 Å². The van der Waals surface area contributed by atoms with Crippen molar-refractivity contribution in [2.75, 3.05) is 26.2 Å². The maximum Gasteiger partial charge on any atom is 0.260 e. The maximum absolute atomic E-state index is 12.0. The Bertz CT molecular complexity index is 474. The van der Waals surface area contributed by atoms with Gasteiger partial charge in [0.15, 0.2) is 6.61 Å². The predicted molar refractivity (Wildman–Crippen MR) is 70.9 cm³/mol. The highest BCUT2D eigenvalue weighted by Crippen LogP contribution is 2.12. The smallest absolute Gasteiger partial charge is 0.260 e. The summed E-state index contributed by atoms with van der Waals surface area (Å²) in [6, 6.07) is 7.54. The fraction of sp³-hybridized carbons (Fsp3) is 0.429. The van der Waals surface area contributed by atoms with Gasteiger partial charge in [-0.3, -0.25) is 9.59 Å². The van der Waals surface area contributed by atoms with Gasteiger partial charge >= 0.3 is 0 Å². The molecule has 0 bridgehead atoms. The molecule has 1 aliphatic heterocycles. The Balaban J connectivity index is 1.88. The van der Waals surface area contributed by atoms with Crippen molar-refractivity contribution in [3.63, 3.8) is 0 Å². The van der Waals surface area contributed by atoms with Gasteiger partial charge in [-0.25, -0.2) is 0 Å². The quantitative estimate of drug-likeness (QED) is 0.873. The van der Waals surface area contributed by atoms with Gasteiger partial charge in [0.05, 0.1) is 6.54 Å². The number of carbonyl (C=O) groups excluding carboxylic acids is 2. The largest absolute Gasteiger partial charge is 0.484 e. The van der Waals surface area contributed by atoms with Crippen LogP contribution in [0.25, 0.3) is 0 Å². The van der Waals surface area contributed by atoms with Gasteiger partial charge in [-0.05, 0) is 31.0 Å². The van der Waals surface area contributed by atoms with E-state index < -0.39 is 0 Å². The lowest BCUT2D eigenvalue weighted by atomic mass is 10.2. The molecule has 0 saturated carbocycles. The molecule has 19 heavy (non-hydrogen) atoms. The van der Waals surface area contributed by atoms with Crippen LogP contribution in [0.5, 0.6) is 5.75 Å². The molecule has 2 rings (SSSR count). The maximum atomic E-state index is 12.0. The molecule has 0 aliphatic carbocycles. The van der Waals surface area contributed by atoms with Crippen LogP contribution in [0.4, 0.5) is 0 Å². The second-order valence-corrected chi connectivity index (χ2v) is 4.62. The van der Waals surface area contributed by atoms with Crippen LogP contribution in [0.3, 0.4) is 0 Å². The van der Waals surface area contributed by atoms with Crippen molar-refractivity contribution < 1.29 is 14.3 Å². The van der Waals surface area contributed by atoms with Crippen LogP contribution in [0.2, 0.25) is 0 Å². The van der Waals surface area contributed by atoms with Crippen molar-refractivity contribution in [3.8, 4) is 5.75 Å². The molecule has 1 aliphatic rings. The summed E-state index contributed by atoms with van der Waals surface area (Å²) in [5.41, 5.74) is 1.08. The summed E-state index contributed by atoms with van der Waals surface area (Å²) >= 11 is 0. The van der Waals surface area contributed by atoms with Crippen molar-refractivity contribution in [2.45, 2.75) is 13.3 Å². The van der Waals surface area contributed by atoms with Crippen LogP contribution in [0.1, 0.15) is 12.0 Å². The van der Waals surface area contributed by atoms with Crippen molar-refractivity contribution in [1.29, 1.82) is 0 Å². The molecule has 0 spiro atoms. The molecule has 0 aromatic heterocycles. The summed E-state index contributed by atoms with van der Waals surface area (Å²) in [7, 11) is 0. The SMILES string of the molecule is Cc1cccc(OCC(=O)N2CCCNC(=O)C2)c1. The summed E-state index contributed by atoms with van der Waals surface area (Å²) in [6.07, 6.45) is 0.780. The first-order chi connectivity index (χ1) is 9.15. The van der Waals surface area contributed by atoms with Gasteiger partial charge < -0.3 is 15.0 Å². The Hall–Kier alpha value is -2.04. The number of nitrogens with zero attached hydrogens (tertiary/aromatic N) is 1. The van der Waals surface area contributed by atoms with E-state index in [0.717, 1.165) is 12.0 Å². The molecule has 1 aromatic rings. The lowest BCUT2D eigenvalue weighted by Gasteiger charge is -2.19. The van der Waals surface area contributed by atoms with Crippen molar-refractivity contribution in [1.82, 2.24) is 10.2 Å². The summed E-state index contributed by atoms with van der Waals surface area (Å²) in [5, 5.41) is 2.74. The van der Waals surface area contributed by atoms with E-state index >= 15 is 0 Å². The molecule has 2 amide bonds. The van der Waals surface area contributed by atoms with Crippen molar-refractivity contribution in [2.24, 2.45) is 0 Å². The minimum Gasteiger partial charge on any atom is -0.484 e. The zero-order chi connectivity index (χ0) is 13.7. The Morgan fingerprint density at radius 1 is 1.47 bits per heavy atom. The Labute approximate surface area is 112 Å². The number of aryl methyl sites for hydroxylation is 1. The first-order valence-electron chi connectivity index (χ1n) is 6.39. The lowest BCUT2D eigenvalue weighted by Crippen LogP contribution is -2.39. The number of hydrogen-bond acceptors (Lipinski definition) is 3. The first kappa shape index (κ1) is 13.4. The van der Waals surface area contributed by atoms with Crippen LogP contribution < -0.4 is 10.1 Å². The molecule has 0 radical (unpaired) electrons. The molecular weight excluding hydrogens is 244 g/mol. The topological polar surface area (TPSA) is 58.6 Å². The molecule has 1 aromatic carbocycles. The normalized spacial score (nSPS) is 15.6. The Morgan fingerprint density at radius 2 is 2.32 bits per heavy atom. The van der Waals surface area contributed by atoms with E-state index in [-0.39, 0.29) is 25.0 Å². The highest BCUT2D eigenvalue weighted by Gasteiger charge is 2.19. The third-order valence-electron chi connectivity index (χ3n) is 2.97. The average molecular weight is 262 g/mol. The molecule has 1 heterocycles. The fourth-order valence-corrected chi connectivity index (χ4v) is 1.96. The van der Waals surface area contributed by atoms with Crippen LogP contribution in [0, 0.1) is 6.92 Å². The second-order valence-electron chi connectivity index (χ2n) is 4.62. The molecule has 5 heteroatoms. The molecule has 1 fully saturated rings. The predicted octanol–water partition coefficient (Wildman–Crippen LogP) is 0.722. The van der Waals surface area contributed by atoms with Crippen LogP contribution in [0.15, 0.2) is 24.3 Å². The van der Waals surface area contributed by atoms with Crippen molar-refractivity contribution >= 4 is 11.8 Å². The number of rotatable bonds is 3. The van der Waals surface area contributed by atoms with E-state index in [1.807, 2.05) is 31.2 Å². The fourth-order valence-electron chi connectivity index (χ4n) is 1.96. The first-order valence-corrected chi connectivity index (χ1v) is 6.39. The van der Waals surface area contributed by atoms with E-state index in [0.29, 0.717) is 18.8 Å². The molecule has 102 valence electrons. The molecule has 1 N–H and O–H groups in total. The van der Waals surface area contributed by atoms with E-state index in [4.69, 9.17) is 4.74 Å². The summed E-state index contributed by atoms with van der Waals surface area (Å²) in [5.74, 6) is 0.410. The van der Waals surface area contributed by atoms with E-state index in [2.05, 4.69) is 5.32 Å². The van der Waals surface area contributed by atoms with Crippen LogP contribution >= 0.6 is 0 Å². The van der Waals surface area contributed by atoms with Gasteiger partial charge in [-0.1, -0.05) is 12.1 Å². The number of amides is 2. The number of nitrogens with one attached hydrogen (secondary N) is 1. The Kier molecular flexibility index (Phi) is 4.39. The third-order valence-corrected chi connectivity index (χ3v) is 2.97. The van der Waals surface area contributed by atoms with Gasteiger partial charge in [0.2, 0.25) is 5.91 Å². The minimum atomic E-state index is -0.154. The Morgan fingerprint density at radius 3 is 3.11 bits per heavy atom. The second kappa shape index (κ2) is 6.22. The minimum absolute atomic E-state index is 0.0310. The molecule has 1 saturated heterocycles. The highest BCUT2D eigenvalue weighted by molar-refractivity contribution is 5.85. The average Bonchev–Trinajstić information content (AvgIpc) is 2.61. The summed E-state index contributed by atoms with van der Waals surface area (Å²) in [6.45, 7) is 3.27. The van der Waals surface area contributed by atoms with Gasteiger partial charge in [0.1, 0.15) is 5.75 Å². The molecule has 5 nitrogen and oxygen atoms in total. The molecular formula is C14H18N2O3. The zero-order valence-corrected chi connectivity index (χ0v) is 11.0. The number of carbonyl (C=O) groups is 2. The van der Waals surface area contributed by atoms with Crippen LogP contribution in [-0.2, 0) is 9.59 Å². The summed E-state index contributed by atoms with van der Waals surface area (Å²) < 4.78 is 5.45. The third kappa shape index (κ3) is 3.98. The van der Waals surface area contributed by atoms with Gasteiger partial charge in [-0.15, -0.1) is 0 Å². The monoisotopic (exact) mass is 262 g/mol. The zero-order valence-electron chi connectivity index (χ0n) is 11.0. The van der Waals surface area contributed by atoms with Gasteiger partial charge in [-0.2, -0.15) is 0 Å². The standard InChI is InChI=1S/C14H18N2O3/c1-11-4-2-5-12(8-11)19-10-14(18)16-7-3-6-15-13(17)9-16/h2,4-5,8H,3,6-7,9-10H2,1H3,(H,15,17). The lowest BCUT2D eigenvalue weighted by molar-refractivity contribution is -0.136. The van der Waals surface area contributed by atoms with Crippen molar-refractivity contribution in [3.05, 3.63) is 29.8 Å². The molecule has 0 atom stereocenters. The van der Waals surface area contributed by atoms with Crippen LogP contribution in [-0.4, -0.2) is 43.0 Å².